The van der Waals surface area contributed by atoms with E-state index in [-0.39, 0.29) is 24.2 Å². The van der Waals surface area contributed by atoms with Gasteiger partial charge in [-0.2, -0.15) is 0 Å². The molecule has 0 radical (unpaired) electrons. The maximum absolute atomic E-state index is 12.8. The van der Waals surface area contributed by atoms with Gasteiger partial charge >= 0.3 is 0 Å². The van der Waals surface area contributed by atoms with Crippen LogP contribution in [0.3, 0.4) is 0 Å². The fraction of sp³-hybridized carbons (Fsp3) is 0.182. The number of aromatic amines is 1. The first-order valence-electron chi connectivity index (χ1n) is 9.68. The number of fused-ring (bicyclic) bond motifs is 1. The molecule has 8 heteroatoms. The number of aromatic nitrogens is 3. The lowest BCUT2D eigenvalue weighted by Gasteiger charge is -2.16. The number of thiophene rings is 1. The topological polar surface area (TPSA) is 91.0 Å². The molecule has 1 aliphatic heterocycles. The maximum atomic E-state index is 12.8. The fourth-order valence-electron chi connectivity index (χ4n) is 3.65. The van der Waals surface area contributed by atoms with Crippen LogP contribution in [0.2, 0.25) is 0 Å². The number of imidazole rings is 1. The van der Waals surface area contributed by atoms with Crippen molar-refractivity contribution in [2.75, 3.05) is 11.9 Å². The minimum absolute atomic E-state index is 0.0228. The van der Waals surface area contributed by atoms with E-state index in [1.165, 1.54) is 0 Å². The molecule has 3 aromatic heterocycles. The number of amides is 2. The lowest BCUT2D eigenvalue weighted by molar-refractivity contribution is -0.128. The van der Waals surface area contributed by atoms with Gasteiger partial charge in [0.2, 0.25) is 11.8 Å². The third kappa shape index (κ3) is 3.69. The van der Waals surface area contributed by atoms with Crippen LogP contribution >= 0.6 is 11.3 Å². The lowest BCUT2D eigenvalue weighted by Crippen LogP contribution is -2.28. The second-order valence-corrected chi connectivity index (χ2v) is 8.23. The van der Waals surface area contributed by atoms with Gasteiger partial charge in [-0.3, -0.25) is 14.6 Å². The van der Waals surface area contributed by atoms with Gasteiger partial charge in [0, 0.05) is 24.8 Å². The molecule has 5 rings (SSSR count). The number of anilines is 1. The molecule has 1 fully saturated rings. The first-order valence-corrected chi connectivity index (χ1v) is 10.6. The molecule has 0 aliphatic carbocycles. The Morgan fingerprint density at radius 1 is 1.23 bits per heavy atom. The predicted molar refractivity (Wildman–Crippen MR) is 116 cm³/mol. The van der Waals surface area contributed by atoms with Gasteiger partial charge in [-0.25, -0.2) is 4.98 Å². The highest BCUT2D eigenvalue weighted by Gasteiger charge is 2.34. The molecule has 4 heterocycles. The number of hydrogen-bond donors (Lipinski definition) is 2. The number of likely N-dealkylation sites (tertiary alicyclic amines) is 1. The molecule has 7 nitrogen and oxygen atoms in total. The Morgan fingerprint density at radius 2 is 2.17 bits per heavy atom. The fourth-order valence-corrected chi connectivity index (χ4v) is 4.32. The summed E-state index contributed by atoms with van der Waals surface area (Å²) in [5.74, 6) is 0.269. The Hall–Kier alpha value is -3.52. The van der Waals surface area contributed by atoms with Crippen molar-refractivity contribution in [3.8, 4) is 10.7 Å². The van der Waals surface area contributed by atoms with Crippen LogP contribution in [0.1, 0.15) is 12.1 Å². The normalized spacial score (nSPS) is 16.3. The molecule has 150 valence electrons. The van der Waals surface area contributed by atoms with Gasteiger partial charge in [0.25, 0.3) is 0 Å². The molecular weight excluding hydrogens is 398 g/mol. The summed E-state index contributed by atoms with van der Waals surface area (Å²) in [4.78, 5) is 40.0. The zero-order chi connectivity index (χ0) is 20.5. The number of hydrogen-bond acceptors (Lipinski definition) is 5. The summed E-state index contributed by atoms with van der Waals surface area (Å²) in [5.41, 5.74) is 3.20. The summed E-state index contributed by atoms with van der Waals surface area (Å²) in [5, 5.41) is 4.95. The number of benzene rings is 1. The van der Waals surface area contributed by atoms with Crippen molar-refractivity contribution in [3.05, 3.63) is 65.8 Å². The van der Waals surface area contributed by atoms with Gasteiger partial charge in [-0.1, -0.05) is 12.1 Å². The highest BCUT2D eigenvalue weighted by Crippen LogP contribution is 2.27. The van der Waals surface area contributed by atoms with Gasteiger partial charge in [-0.05, 0) is 41.8 Å². The number of H-pyrrole nitrogens is 1. The van der Waals surface area contributed by atoms with Crippen molar-refractivity contribution in [3.63, 3.8) is 0 Å². The molecule has 0 spiro atoms. The summed E-state index contributed by atoms with van der Waals surface area (Å²) in [7, 11) is 0. The molecule has 30 heavy (non-hydrogen) atoms. The Balaban J connectivity index is 1.27. The Kier molecular flexibility index (Phi) is 4.76. The summed E-state index contributed by atoms with van der Waals surface area (Å²) in [6.07, 6.45) is 1.92. The number of rotatable bonds is 5. The third-order valence-electron chi connectivity index (χ3n) is 5.17. The van der Waals surface area contributed by atoms with Crippen LogP contribution in [0.15, 0.2) is 60.1 Å². The van der Waals surface area contributed by atoms with Crippen LogP contribution in [0.5, 0.6) is 0 Å². The number of carbonyl (C=O) groups excluding carboxylic acids is 2. The smallest absolute Gasteiger partial charge is 0.229 e. The number of carbonyl (C=O) groups is 2. The average molecular weight is 417 g/mol. The second kappa shape index (κ2) is 7.72. The van der Waals surface area contributed by atoms with Crippen LogP contribution in [-0.2, 0) is 16.1 Å². The summed E-state index contributed by atoms with van der Waals surface area (Å²) in [6.45, 7) is 0.825. The van der Waals surface area contributed by atoms with Crippen molar-refractivity contribution in [1.29, 1.82) is 0 Å². The van der Waals surface area contributed by atoms with E-state index >= 15 is 0 Å². The van der Waals surface area contributed by atoms with E-state index in [2.05, 4.69) is 20.3 Å². The van der Waals surface area contributed by atoms with Crippen LogP contribution in [0, 0.1) is 5.92 Å². The standard InChI is InChI=1S/C22H19N5O2S/c28-20-10-14(12-27(20)13-16-4-1-2-8-23-16)22(29)24-15-6-7-17-18(11-15)26-21(25-17)19-5-3-9-30-19/h1-9,11,14H,10,12-13H2,(H,24,29)(H,25,26). The van der Waals surface area contributed by atoms with E-state index in [9.17, 15) is 9.59 Å². The van der Waals surface area contributed by atoms with Gasteiger partial charge in [0.1, 0.15) is 5.82 Å². The molecule has 4 aromatic rings. The Labute approximate surface area is 176 Å². The monoisotopic (exact) mass is 417 g/mol. The highest BCUT2D eigenvalue weighted by atomic mass is 32.1. The van der Waals surface area contributed by atoms with Crippen LogP contribution in [0.4, 0.5) is 5.69 Å². The first-order chi connectivity index (χ1) is 14.7. The molecular formula is C22H19N5O2S. The Bertz CT molecular complexity index is 1200. The lowest BCUT2D eigenvalue weighted by atomic mass is 10.1. The van der Waals surface area contributed by atoms with Gasteiger partial charge in [-0.15, -0.1) is 11.3 Å². The van der Waals surface area contributed by atoms with Crippen molar-refractivity contribution in [1.82, 2.24) is 19.9 Å². The van der Waals surface area contributed by atoms with Gasteiger partial charge in [0.15, 0.2) is 0 Å². The van der Waals surface area contributed by atoms with Crippen molar-refractivity contribution < 1.29 is 9.59 Å². The number of nitrogens with one attached hydrogen (secondary N) is 2. The molecule has 1 aromatic carbocycles. The van der Waals surface area contributed by atoms with Gasteiger partial charge < -0.3 is 15.2 Å². The van der Waals surface area contributed by atoms with E-state index in [0.29, 0.717) is 18.8 Å². The molecule has 2 N–H and O–H groups in total. The largest absolute Gasteiger partial charge is 0.337 e. The minimum atomic E-state index is -0.375. The molecule has 2 amide bonds. The van der Waals surface area contributed by atoms with Crippen LogP contribution in [0.25, 0.3) is 21.7 Å². The minimum Gasteiger partial charge on any atom is -0.337 e. The summed E-state index contributed by atoms with van der Waals surface area (Å²) in [6, 6.07) is 15.2. The van der Waals surface area contributed by atoms with E-state index in [1.807, 2.05) is 53.9 Å². The Morgan fingerprint density at radius 3 is 2.97 bits per heavy atom. The maximum Gasteiger partial charge on any atom is 0.229 e. The van der Waals surface area contributed by atoms with Crippen molar-refractivity contribution in [2.45, 2.75) is 13.0 Å². The average Bonchev–Trinajstić information content (AvgIpc) is 3.48. The predicted octanol–water partition coefficient (Wildman–Crippen LogP) is 3.67. The number of nitrogens with zero attached hydrogens (tertiary/aromatic N) is 3. The van der Waals surface area contributed by atoms with Crippen molar-refractivity contribution in [2.24, 2.45) is 5.92 Å². The molecule has 1 aliphatic rings. The zero-order valence-electron chi connectivity index (χ0n) is 16.0. The second-order valence-electron chi connectivity index (χ2n) is 7.28. The van der Waals surface area contributed by atoms with Crippen LogP contribution in [-0.4, -0.2) is 38.2 Å². The SMILES string of the molecule is O=C(Nc1ccc2nc(-c3cccs3)[nH]c2c1)C1CC(=O)N(Cc2ccccn2)C1. The van der Waals surface area contributed by atoms with Gasteiger partial charge in [0.05, 0.1) is 34.1 Å². The molecule has 0 saturated carbocycles. The quantitative estimate of drug-likeness (QED) is 0.518. The van der Waals surface area contributed by atoms with Crippen molar-refractivity contribution >= 4 is 39.9 Å². The number of pyridine rings is 1. The van der Waals surface area contributed by atoms with E-state index in [4.69, 9.17) is 0 Å². The summed E-state index contributed by atoms with van der Waals surface area (Å²) < 4.78 is 0. The first kappa shape index (κ1) is 18.5. The summed E-state index contributed by atoms with van der Waals surface area (Å²) >= 11 is 1.62. The highest BCUT2D eigenvalue weighted by molar-refractivity contribution is 7.13. The van der Waals surface area contributed by atoms with Crippen LogP contribution < -0.4 is 5.32 Å². The van der Waals surface area contributed by atoms with E-state index < -0.39 is 0 Å². The molecule has 1 saturated heterocycles. The molecule has 0 bridgehead atoms. The molecule has 1 atom stereocenters. The molecule has 1 unspecified atom stereocenters. The third-order valence-corrected chi connectivity index (χ3v) is 6.04. The van der Waals surface area contributed by atoms with E-state index in [1.54, 1.807) is 22.4 Å². The zero-order valence-corrected chi connectivity index (χ0v) is 16.9. The van der Waals surface area contributed by atoms with E-state index in [0.717, 1.165) is 27.4 Å².